The van der Waals surface area contributed by atoms with Gasteiger partial charge in [-0.1, -0.05) is 65.8 Å². The zero-order chi connectivity index (χ0) is 20.9. The van der Waals surface area contributed by atoms with Crippen molar-refractivity contribution in [3.63, 3.8) is 0 Å². The molecule has 3 rings (SSSR count). The van der Waals surface area contributed by atoms with E-state index >= 15 is 0 Å². The number of carbonyl (C=O) groups is 1. The molecule has 1 saturated heterocycles. The largest absolute Gasteiger partial charge is 0.459 e. The maximum Gasteiger partial charge on any atom is 0.329 e. The molecule has 6 nitrogen and oxygen atoms in total. The molecule has 29 heavy (non-hydrogen) atoms. The number of carbonyl (C=O) groups excluding carboxylic acids is 1. The molecule has 0 amide bonds. The van der Waals surface area contributed by atoms with Crippen molar-refractivity contribution in [3.05, 3.63) is 82.3 Å². The van der Waals surface area contributed by atoms with Gasteiger partial charge in [0.15, 0.2) is 0 Å². The van der Waals surface area contributed by atoms with Gasteiger partial charge in [0.1, 0.15) is 18.3 Å². The highest BCUT2D eigenvalue weighted by atomic mass is 16.6. The van der Waals surface area contributed by atoms with E-state index in [1.165, 1.54) is 0 Å². The van der Waals surface area contributed by atoms with E-state index in [0.29, 0.717) is 13.0 Å². The van der Waals surface area contributed by atoms with Gasteiger partial charge in [-0.3, -0.25) is 0 Å². The number of ether oxygens (including phenoxy) is 1. The van der Waals surface area contributed by atoms with Crippen molar-refractivity contribution in [2.24, 2.45) is 5.18 Å². The molecule has 0 spiro atoms. The van der Waals surface area contributed by atoms with E-state index in [9.17, 15) is 9.70 Å². The highest BCUT2D eigenvalue weighted by molar-refractivity contribution is 5.90. The first kappa shape index (κ1) is 20.9. The van der Waals surface area contributed by atoms with Crippen LogP contribution in [0.1, 0.15) is 38.3 Å². The van der Waals surface area contributed by atoms with Crippen LogP contribution in [0.25, 0.3) is 5.57 Å². The Hall–Kier alpha value is -2.83. The van der Waals surface area contributed by atoms with Gasteiger partial charge in [-0.2, -0.15) is 0 Å². The van der Waals surface area contributed by atoms with Crippen molar-refractivity contribution >= 4 is 11.5 Å². The predicted octanol–water partition coefficient (Wildman–Crippen LogP) is 4.13. The van der Waals surface area contributed by atoms with Crippen molar-refractivity contribution in [1.29, 1.82) is 0 Å². The summed E-state index contributed by atoms with van der Waals surface area (Å²) >= 11 is 0. The van der Waals surface area contributed by atoms with Gasteiger partial charge in [0.05, 0.1) is 0 Å². The molecule has 2 aromatic carbocycles. The highest BCUT2D eigenvalue weighted by Crippen LogP contribution is 2.35. The van der Waals surface area contributed by atoms with Crippen LogP contribution in [0.3, 0.4) is 0 Å². The average Bonchev–Trinajstić information content (AvgIpc) is 3.10. The van der Waals surface area contributed by atoms with Crippen LogP contribution >= 0.6 is 0 Å². The number of nitroso groups, excluding NO2 is 1. The summed E-state index contributed by atoms with van der Waals surface area (Å²) in [6, 6.07) is 19.5. The Bertz CT molecular complexity index is 832. The lowest BCUT2D eigenvalue weighted by atomic mass is 9.89. The van der Waals surface area contributed by atoms with Gasteiger partial charge < -0.3 is 4.74 Å². The summed E-state index contributed by atoms with van der Waals surface area (Å²) in [5, 5.41) is 4.64. The molecule has 0 saturated carbocycles. The molecule has 1 atom stereocenters. The highest BCUT2D eigenvalue weighted by Gasteiger charge is 2.40. The van der Waals surface area contributed by atoms with Gasteiger partial charge in [-0.15, -0.1) is 4.91 Å². The molecular formula is C23H27N3O3. The van der Waals surface area contributed by atoms with Gasteiger partial charge in [0.2, 0.25) is 0 Å². The Morgan fingerprint density at radius 3 is 2.10 bits per heavy atom. The molecule has 152 valence electrons. The molecule has 6 heteroatoms. The number of esters is 1. The lowest BCUT2D eigenvalue weighted by molar-refractivity contribution is -0.160. The number of nitrogens with zero attached hydrogens (tertiary/aromatic N) is 2. The van der Waals surface area contributed by atoms with Gasteiger partial charge in [0.25, 0.3) is 0 Å². The summed E-state index contributed by atoms with van der Waals surface area (Å²) in [6.45, 7) is 6.03. The van der Waals surface area contributed by atoms with Crippen LogP contribution in [0.5, 0.6) is 0 Å². The third-order valence-electron chi connectivity index (χ3n) is 4.68. The second-order valence-corrected chi connectivity index (χ2v) is 7.96. The molecule has 1 heterocycles. The smallest absolute Gasteiger partial charge is 0.329 e. The number of hydrazine groups is 1. The van der Waals surface area contributed by atoms with Gasteiger partial charge in [-0.05, 0) is 49.5 Å². The van der Waals surface area contributed by atoms with E-state index in [1.807, 2.05) is 81.4 Å². The Morgan fingerprint density at radius 1 is 1.07 bits per heavy atom. The van der Waals surface area contributed by atoms with E-state index in [-0.39, 0.29) is 12.6 Å². The number of benzene rings is 2. The van der Waals surface area contributed by atoms with Crippen LogP contribution in [-0.2, 0) is 9.53 Å². The third-order valence-corrected chi connectivity index (χ3v) is 4.68. The third kappa shape index (κ3) is 5.16. The molecule has 1 aliphatic rings. The molecule has 0 unspecified atom stereocenters. The number of rotatable bonds is 6. The fourth-order valence-corrected chi connectivity index (χ4v) is 3.62. The lowest BCUT2D eigenvalue weighted by Gasteiger charge is -2.28. The Kier molecular flexibility index (Phi) is 6.56. The van der Waals surface area contributed by atoms with E-state index in [2.05, 4.69) is 10.6 Å². The first-order chi connectivity index (χ1) is 13.9. The maximum atomic E-state index is 13.2. The minimum Gasteiger partial charge on any atom is -0.459 e. The molecule has 1 fully saturated rings. The quantitative estimate of drug-likeness (QED) is 0.590. The average molecular weight is 393 g/mol. The van der Waals surface area contributed by atoms with Crippen LogP contribution in [0.4, 0.5) is 0 Å². The molecule has 1 N–H and O–H groups in total. The molecular weight excluding hydrogens is 366 g/mol. The Morgan fingerprint density at radius 2 is 1.62 bits per heavy atom. The lowest BCUT2D eigenvalue weighted by Crippen LogP contribution is -2.48. The second-order valence-electron chi connectivity index (χ2n) is 7.96. The fraction of sp³-hybridized carbons (Fsp3) is 0.348. The van der Waals surface area contributed by atoms with Gasteiger partial charge in [0, 0.05) is 6.54 Å². The van der Waals surface area contributed by atoms with Crippen molar-refractivity contribution in [1.82, 2.24) is 10.4 Å². The Balaban J connectivity index is 2.13. The van der Waals surface area contributed by atoms with E-state index < -0.39 is 11.6 Å². The molecule has 2 aromatic rings. The molecule has 0 aromatic heterocycles. The van der Waals surface area contributed by atoms with Gasteiger partial charge >= 0.3 is 5.97 Å². The first-order valence-electron chi connectivity index (χ1n) is 9.77. The van der Waals surface area contributed by atoms with E-state index in [4.69, 9.17) is 4.74 Å². The van der Waals surface area contributed by atoms with Crippen molar-refractivity contribution in [2.75, 3.05) is 13.2 Å². The summed E-state index contributed by atoms with van der Waals surface area (Å²) < 4.78 is 5.72. The maximum absolute atomic E-state index is 13.2. The normalized spacial score (nSPS) is 17.2. The minimum atomic E-state index is -0.633. The first-order valence-corrected chi connectivity index (χ1v) is 9.77. The second kappa shape index (κ2) is 9.11. The number of hydrogen-bond acceptors (Lipinski definition) is 6. The van der Waals surface area contributed by atoms with Gasteiger partial charge in [-0.25, -0.2) is 15.2 Å². The zero-order valence-corrected chi connectivity index (χ0v) is 17.1. The summed E-state index contributed by atoms with van der Waals surface area (Å²) in [7, 11) is 0. The van der Waals surface area contributed by atoms with Crippen molar-refractivity contribution in [3.8, 4) is 0 Å². The van der Waals surface area contributed by atoms with E-state index in [0.717, 1.165) is 22.3 Å². The zero-order valence-electron chi connectivity index (χ0n) is 17.1. The summed E-state index contributed by atoms with van der Waals surface area (Å²) in [4.78, 5) is 23.8. The topological polar surface area (TPSA) is 71.0 Å². The van der Waals surface area contributed by atoms with Crippen LogP contribution in [0.15, 0.2) is 71.4 Å². The van der Waals surface area contributed by atoms with Crippen LogP contribution < -0.4 is 5.43 Å². The van der Waals surface area contributed by atoms with Crippen LogP contribution in [-0.4, -0.2) is 35.8 Å². The monoisotopic (exact) mass is 393 g/mol. The molecule has 0 bridgehead atoms. The number of nitrogens with one attached hydrogen (secondary N) is 1. The SMILES string of the molecule is CC(C)(C)OC(=O)[C@@H]1C(=C(c2ccccc2)c2ccccc2)CCN1NCN=O. The standard InChI is InChI=1S/C23H27N3O3/c1-23(2,3)29-22(27)21-19(14-15-26(21)24-16-25-28)20(17-10-6-4-7-11-17)18-12-8-5-9-13-18/h4-13,21,24H,14-16H2,1-3H3/t21-/m0/s1. The Labute approximate surface area is 171 Å². The summed E-state index contributed by atoms with van der Waals surface area (Å²) in [5.74, 6) is -0.340. The van der Waals surface area contributed by atoms with Crippen LogP contribution in [0, 0.1) is 4.91 Å². The minimum absolute atomic E-state index is 0.0986. The van der Waals surface area contributed by atoms with Crippen molar-refractivity contribution in [2.45, 2.75) is 38.8 Å². The molecule has 0 aliphatic carbocycles. The fourth-order valence-electron chi connectivity index (χ4n) is 3.62. The molecule has 1 aliphatic heterocycles. The predicted molar refractivity (Wildman–Crippen MR) is 114 cm³/mol. The van der Waals surface area contributed by atoms with E-state index in [1.54, 1.807) is 5.01 Å². The van der Waals surface area contributed by atoms with Crippen LogP contribution in [0.2, 0.25) is 0 Å². The summed E-state index contributed by atoms with van der Waals surface area (Å²) in [5.41, 5.74) is 6.41. The van der Waals surface area contributed by atoms with Crippen molar-refractivity contribution < 1.29 is 9.53 Å². The summed E-state index contributed by atoms with van der Waals surface area (Å²) in [6.07, 6.45) is 0.675. The number of hydrogen-bond donors (Lipinski definition) is 1. The molecule has 0 radical (unpaired) electrons.